The summed E-state index contributed by atoms with van der Waals surface area (Å²) in [6, 6.07) is 11.9. The number of carbonyl (C=O) groups is 2. The van der Waals surface area contributed by atoms with Gasteiger partial charge in [0.05, 0.1) is 16.8 Å². The number of aryl methyl sites for hydroxylation is 2. The average molecular weight is 564 g/mol. The van der Waals surface area contributed by atoms with Crippen molar-refractivity contribution >= 4 is 51.5 Å². The van der Waals surface area contributed by atoms with Crippen LogP contribution < -0.4 is 10.6 Å². The van der Waals surface area contributed by atoms with E-state index in [4.69, 9.17) is 11.6 Å². The Balaban J connectivity index is 1.35. The van der Waals surface area contributed by atoms with Crippen molar-refractivity contribution < 1.29 is 9.59 Å². The molecule has 0 unspecified atom stereocenters. The fourth-order valence-electron chi connectivity index (χ4n) is 4.36. The molecule has 2 amide bonds. The molecule has 7 nitrogen and oxygen atoms in total. The molecule has 1 aliphatic rings. The van der Waals surface area contributed by atoms with Gasteiger partial charge in [0.25, 0.3) is 11.8 Å². The Kier molecular flexibility index (Phi) is 8.36. The minimum Gasteiger partial charge on any atom is -0.348 e. The number of pyridine rings is 1. The Hall–Kier alpha value is -3.27. The van der Waals surface area contributed by atoms with Crippen LogP contribution >= 0.6 is 34.7 Å². The standard InChI is InChI=1S/C28H26ClN5O2S2/c1-17-6-4-7-18(12-17)16-37-28-32-15-21(29)24(33-28)26(36)34-27-23(20-9-2-3-10-22(20)38-27)25(35)31-14-19-8-5-11-30-13-19/h4-8,11-13,15H,2-3,9-10,14,16H2,1H3,(H,31,35)(H,34,36). The van der Waals surface area contributed by atoms with E-state index < -0.39 is 5.91 Å². The fourth-order valence-corrected chi connectivity index (χ4v) is 6.58. The number of hydrogen-bond donors (Lipinski definition) is 2. The summed E-state index contributed by atoms with van der Waals surface area (Å²) in [4.78, 5) is 40.6. The van der Waals surface area contributed by atoms with E-state index in [1.807, 2.05) is 37.3 Å². The molecule has 1 aromatic carbocycles. The van der Waals surface area contributed by atoms with E-state index in [2.05, 4.69) is 31.7 Å². The molecule has 0 fully saturated rings. The molecular formula is C28H26ClN5O2S2. The van der Waals surface area contributed by atoms with Crippen LogP contribution in [0.1, 0.15) is 60.8 Å². The van der Waals surface area contributed by atoms with Crippen LogP contribution in [0.5, 0.6) is 0 Å². The molecule has 0 saturated carbocycles. The highest BCUT2D eigenvalue weighted by Gasteiger charge is 2.27. The van der Waals surface area contributed by atoms with Crippen molar-refractivity contribution in [3.05, 3.63) is 98.4 Å². The molecule has 10 heteroatoms. The first-order valence-electron chi connectivity index (χ1n) is 12.3. The second-order valence-corrected chi connectivity index (χ2v) is 11.5. The largest absolute Gasteiger partial charge is 0.348 e. The first kappa shape index (κ1) is 26.3. The Morgan fingerprint density at radius 1 is 1.08 bits per heavy atom. The first-order chi connectivity index (χ1) is 18.5. The lowest BCUT2D eigenvalue weighted by Crippen LogP contribution is -2.25. The van der Waals surface area contributed by atoms with Crippen molar-refractivity contribution in [2.24, 2.45) is 0 Å². The van der Waals surface area contributed by atoms with Gasteiger partial charge >= 0.3 is 0 Å². The summed E-state index contributed by atoms with van der Waals surface area (Å²) in [5.41, 5.74) is 4.86. The van der Waals surface area contributed by atoms with Gasteiger partial charge in [0.15, 0.2) is 10.9 Å². The predicted octanol–water partition coefficient (Wildman–Crippen LogP) is 6.25. The number of nitrogens with one attached hydrogen (secondary N) is 2. The maximum absolute atomic E-state index is 13.3. The second-order valence-electron chi connectivity index (χ2n) is 9.04. The molecule has 4 aromatic rings. The first-order valence-corrected chi connectivity index (χ1v) is 14.5. The molecule has 0 aliphatic heterocycles. The minimum absolute atomic E-state index is 0.0847. The number of nitrogens with zero attached hydrogens (tertiary/aromatic N) is 3. The monoisotopic (exact) mass is 563 g/mol. The average Bonchev–Trinajstić information content (AvgIpc) is 3.29. The summed E-state index contributed by atoms with van der Waals surface area (Å²) >= 11 is 9.23. The van der Waals surface area contributed by atoms with E-state index in [1.165, 1.54) is 34.9 Å². The van der Waals surface area contributed by atoms with Gasteiger partial charge in [-0.25, -0.2) is 9.97 Å². The summed E-state index contributed by atoms with van der Waals surface area (Å²) in [5, 5.41) is 7.06. The van der Waals surface area contributed by atoms with Crippen LogP contribution in [0.2, 0.25) is 5.02 Å². The molecule has 0 spiro atoms. The van der Waals surface area contributed by atoms with Gasteiger partial charge in [0, 0.05) is 29.6 Å². The second kappa shape index (κ2) is 12.1. The van der Waals surface area contributed by atoms with Gasteiger partial charge in [-0.15, -0.1) is 11.3 Å². The van der Waals surface area contributed by atoms with E-state index in [0.717, 1.165) is 47.3 Å². The lowest BCUT2D eigenvalue weighted by Gasteiger charge is -2.13. The summed E-state index contributed by atoms with van der Waals surface area (Å²) in [6.07, 6.45) is 8.65. The third-order valence-corrected chi connectivity index (χ3v) is 8.61. The van der Waals surface area contributed by atoms with Gasteiger partial charge in [-0.2, -0.15) is 0 Å². The normalized spacial score (nSPS) is 12.6. The topological polar surface area (TPSA) is 96.9 Å². The maximum atomic E-state index is 13.3. The van der Waals surface area contributed by atoms with Crippen molar-refractivity contribution in [2.45, 2.75) is 50.1 Å². The molecule has 194 valence electrons. The Morgan fingerprint density at radius 3 is 2.74 bits per heavy atom. The molecule has 0 saturated heterocycles. The SMILES string of the molecule is Cc1cccc(CSc2ncc(Cl)c(C(=O)Nc3sc4c(c3C(=O)NCc3cccnc3)CCCC4)n2)c1. The van der Waals surface area contributed by atoms with Gasteiger partial charge in [0.2, 0.25) is 0 Å². The van der Waals surface area contributed by atoms with E-state index in [9.17, 15) is 9.59 Å². The number of halogens is 1. The fraction of sp³-hybridized carbons (Fsp3) is 0.250. The highest BCUT2D eigenvalue weighted by Crippen LogP contribution is 2.38. The molecule has 0 atom stereocenters. The van der Waals surface area contributed by atoms with Gasteiger partial charge in [-0.05, 0) is 55.4 Å². The number of thiophene rings is 1. The zero-order valence-corrected chi connectivity index (χ0v) is 23.2. The zero-order valence-electron chi connectivity index (χ0n) is 20.8. The third kappa shape index (κ3) is 6.23. The molecule has 1 aliphatic carbocycles. The minimum atomic E-state index is -0.463. The number of amides is 2. The molecule has 3 heterocycles. The molecule has 38 heavy (non-hydrogen) atoms. The molecule has 3 aromatic heterocycles. The van der Waals surface area contributed by atoms with E-state index in [0.29, 0.717) is 28.0 Å². The van der Waals surface area contributed by atoms with Gasteiger partial charge in [-0.1, -0.05) is 59.3 Å². The number of aromatic nitrogens is 3. The van der Waals surface area contributed by atoms with Gasteiger partial charge in [0.1, 0.15) is 5.00 Å². The van der Waals surface area contributed by atoms with Crippen molar-refractivity contribution in [2.75, 3.05) is 5.32 Å². The Bertz CT molecular complexity index is 1480. The van der Waals surface area contributed by atoms with Crippen LogP contribution in [-0.4, -0.2) is 26.8 Å². The highest BCUT2D eigenvalue weighted by molar-refractivity contribution is 7.98. The lowest BCUT2D eigenvalue weighted by atomic mass is 9.95. The van der Waals surface area contributed by atoms with E-state index in [-0.39, 0.29) is 16.6 Å². The maximum Gasteiger partial charge on any atom is 0.276 e. The highest BCUT2D eigenvalue weighted by atomic mass is 35.5. The summed E-state index contributed by atoms with van der Waals surface area (Å²) in [5.74, 6) is -0.00930. The number of anilines is 1. The van der Waals surface area contributed by atoms with Crippen LogP contribution in [0, 0.1) is 6.92 Å². The third-order valence-electron chi connectivity index (χ3n) is 6.19. The summed E-state index contributed by atoms with van der Waals surface area (Å²) < 4.78 is 0. The lowest BCUT2D eigenvalue weighted by molar-refractivity contribution is 0.0951. The van der Waals surface area contributed by atoms with Crippen LogP contribution in [0.3, 0.4) is 0 Å². The van der Waals surface area contributed by atoms with E-state index >= 15 is 0 Å². The number of carbonyl (C=O) groups excluding carboxylic acids is 2. The van der Waals surface area contributed by atoms with Crippen molar-refractivity contribution in [1.29, 1.82) is 0 Å². The zero-order chi connectivity index (χ0) is 26.5. The van der Waals surface area contributed by atoms with Crippen molar-refractivity contribution in [1.82, 2.24) is 20.3 Å². The Morgan fingerprint density at radius 2 is 1.92 bits per heavy atom. The smallest absolute Gasteiger partial charge is 0.276 e. The van der Waals surface area contributed by atoms with Crippen LogP contribution in [-0.2, 0) is 25.1 Å². The number of fused-ring (bicyclic) bond motifs is 1. The quantitative estimate of drug-likeness (QED) is 0.194. The summed E-state index contributed by atoms with van der Waals surface area (Å²) in [6.45, 7) is 2.40. The van der Waals surface area contributed by atoms with Gasteiger partial charge in [-0.3, -0.25) is 14.6 Å². The van der Waals surface area contributed by atoms with Crippen LogP contribution in [0.25, 0.3) is 0 Å². The van der Waals surface area contributed by atoms with Crippen molar-refractivity contribution in [3.8, 4) is 0 Å². The Labute approximate surface area is 234 Å². The molecular weight excluding hydrogens is 538 g/mol. The van der Waals surface area contributed by atoms with Crippen LogP contribution in [0.15, 0.2) is 60.1 Å². The number of thioether (sulfide) groups is 1. The van der Waals surface area contributed by atoms with Crippen LogP contribution in [0.4, 0.5) is 5.00 Å². The molecule has 0 bridgehead atoms. The molecule has 2 N–H and O–H groups in total. The van der Waals surface area contributed by atoms with Crippen molar-refractivity contribution in [3.63, 3.8) is 0 Å². The van der Waals surface area contributed by atoms with Gasteiger partial charge < -0.3 is 10.6 Å². The summed E-state index contributed by atoms with van der Waals surface area (Å²) in [7, 11) is 0. The molecule has 0 radical (unpaired) electrons. The predicted molar refractivity (Wildman–Crippen MR) is 152 cm³/mol. The number of hydrogen-bond acceptors (Lipinski definition) is 7. The number of rotatable bonds is 8. The molecule has 5 rings (SSSR count). The number of benzene rings is 1. The van der Waals surface area contributed by atoms with E-state index in [1.54, 1.807) is 12.4 Å².